The van der Waals surface area contributed by atoms with E-state index in [9.17, 15) is 9.18 Å². The Balaban J connectivity index is 2.00. The van der Waals surface area contributed by atoms with E-state index < -0.39 is 5.41 Å². The average molecular weight is 250 g/mol. The number of hydrogen-bond donors (Lipinski definition) is 0. The van der Waals surface area contributed by atoms with Gasteiger partial charge >= 0.3 is 5.97 Å². The lowest BCUT2D eigenvalue weighted by atomic mass is 9.66. The molecule has 1 aliphatic carbocycles. The van der Waals surface area contributed by atoms with Crippen LogP contribution in [0.5, 0.6) is 0 Å². The first-order chi connectivity index (χ1) is 8.64. The zero-order valence-corrected chi connectivity index (χ0v) is 10.2. The van der Waals surface area contributed by atoms with Crippen LogP contribution in [0.1, 0.15) is 18.4 Å². The predicted octanol–water partition coefficient (Wildman–Crippen LogP) is 2.05. The summed E-state index contributed by atoms with van der Waals surface area (Å²) >= 11 is 0. The molecule has 1 aliphatic heterocycles. The minimum absolute atomic E-state index is 0.171. The summed E-state index contributed by atoms with van der Waals surface area (Å²) in [4.78, 5) is 12.0. The fourth-order valence-corrected chi connectivity index (χ4v) is 2.99. The highest BCUT2D eigenvalue weighted by Gasteiger charge is 2.68. The van der Waals surface area contributed by atoms with E-state index in [0.29, 0.717) is 13.2 Å². The van der Waals surface area contributed by atoms with Crippen LogP contribution in [0.15, 0.2) is 24.3 Å². The van der Waals surface area contributed by atoms with Crippen LogP contribution in [0.4, 0.5) is 4.39 Å². The average Bonchev–Trinajstić information content (AvgIpc) is 3.11. The van der Waals surface area contributed by atoms with Gasteiger partial charge in [0.05, 0.1) is 31.2 Å². The smallest absolute Gasteiger partial charge is 0.312 e. The predicted molar refractivity (Wildman–Crippen MR) is 62.6 cm³/mol. The zero-order chi connectivity index (χ0) is 12.8. The third-order valence-electron chi connectivity index (χ3n) is 4.34. The third-order valence-corrected chi connectivity index (χ3v) is 4.34. The second-order valence-electron chi connectivity index (χ2n) is 5.16. The van der Waals surface area contributed by atoms with Gasteiger partial charge in [-0.1, -0.05) is 12.1 Å². The first-order valence-electron chi connectivity index (χ1n) is 6.07. The molecule has 0 atom stereocenters. The molecular formula is C14H15FO3. The van der Waals surface area contributed by atoms with Crippen molar-refractivity contribution in [2.45, 2.75) is 18.3 Å². The standard InChI is InChI=1S/C14H15FO3/c1-17-12(16)13(6-7-13)14(8-18-9-14)10-2-4-11(15)5-3-10/h2-5H,6-9H2,1H3. The van der Waals surface area contributed by atoms with Gasteiger partial charge in [-0.05, 0) is 30.5 Å². The molecule has 1 aromatic rings. The highest BCUT2D eigenvalue weighted by atomic mass is 19.1. The second-order valence-corrected chi connectivity index (χ2v) is 5.16. The maximum absolute atomic E-state index is 13.0. The van der Waals surface area contributed by atoms with Crippen LogP contribution in [-0.2, 0) is 19.7 Å². The van der Waals surface area contributed by atoms with Crippen LogP contribution in [0.25, 0.3) is 0 Å². The summed E-state index contributed by atoms with van der Waals surface area (Å²) < 4.78 is 23.3. The van der Waals surface area contributed by atoms with E-state index in [1.54, 1.807) is 12.1 Å². The van der Waals surface area contributed by atoms with Crippen molar-refractivity contribution < 1.29 is 18.7 Å². The van der Waals surface area contributed by atoms with Crippen molar-refractivity contribution in [3.63, 3.8) is 0 Å². The molecule has 1 saturated carbocycles. The molecule has 3 rings (SSSR count). The van der Waals surface area contributed by atoms with Crippen molar-refractivity contribution in [3.8, 4) is 0 Å². The largest absolute Gasteiger partial charge is 0.469 e. The van der Waals surface area contributed by atoms with Gasteiger partial charge in [0.1, 0.15) is 5.82 Å². The summed E-state index contributed by atoms with van der Waals surface area (Å²) in [5, 5.41) is 0. The summed E-state index contributed by atoms with van der Waals surface area (Å²) in [6, 6.07) is 6.37. The molecule has 0 unspecified atom stereocenters. The maximum Gasteiger partial charge on any atom is 0.312 e. The molecule has 4 heteroatoms. The molecule has 0 aromatic heterocycles. The molecule has 18 heavy (non-hydrogen) atoms. The SMILES string of the molecule is COC(=O)C1(C2(c3ccc(F)cc3)COC2)CC1. The molecule has 2 fully saturated rings. The first kappa shape index (κ1) is 11.7. The van der Waals surface area contributed by atoms with Crippen LogP contribution in [0.3, 0.4) is 0 Å². The Morgan fingerprint density at radius 2 is 1.89 bits per heavy atom. The molecule has 1 heterocycles. The summed E-state index contributed by atoms with van der Waals surface area (Å²) in [7, 11) is 1.42. The Morgan fingerprint density at radius 1 is 1.28 bits per heavy atom. The van der Waals surface area contributed by atoms with E-state index in [1.165, 1.54) is 19.2 Å². The van der Waals surface area contributed by atoms with Crippen molar-refractivity contribution >= 4 is 5.97 Å². The summed E-state index contributed by atoms with van der Waals surface area (Å²) in [6.45, 7) is 1.02. The minimum Gasteiger partial charge on any atom is -0.469 e. The van der Waals surface area contributed by atoms with E-state index in [2.05, 4.69) is 0 Å². The lowest BCUT2D eigenvalue weighted by molar-refractivity contribution is -0.164. The third kappa shape index (κ3) is 1.35. The van der Waals surface area contributed by atoms with Crippen molar-refractivity contribution in [2.75, 3.05) is 20.3 Å². The Kier molecular flexibility index (Phi) is 2.45. The van der Waals surface area contributed by atoms with Crippen LogP contribution in [0.2, 0.25) is 0 Å². The summed E-state index contributed by atoms with van der Waals surface area (Å²) in [6.07, 6.45) is 1.64. The lowest BCUT2D eigenvalue weighted by Gasteiger charge is -2.47. The fourth-order valence-electron chi connectivity index (χ4n) is 2.99. The molecular weight excluding hydrogens is 235 g/mol. The molecule has 0 radical (unpaired) electrons. The van der Waals surface area contributed by atoms with Gasteiger partial charge in [0.15, 0.2) is 0 Å². The van der Waals surface area contributed by atoms with Gasteiger partial charge in [0.2, 0.25) is 0 Å². The second kappa shape index (κ2) is 3.79. The number of carbonyl (C=O) groups is 1. The number of methoxy groups -OCH3 is 1. The molecule has 3 nitrogen and oxygen atoms in total. The van der Waals surface area contributed by atoms with E-state index in [-0.39, 0.29) is 17.2 Å². The van der Waals surface area contributed by atoms with E-state index in [0.717, 1.165) is 18.4 Å². The van der Waals surface area contributed by atoms with Crippen LogP contribution in [-0.4, -0.2) is 26.3 Å². The van der Waals surface area contributed by atoms with Gasteiger partial charge < -0.3 is 9.47 Å². The molecule has 0 bridgehead atoms. The van der Waals surface area contributed by atoms with E-state index in [1.807, 2.05) is 0 Å². The van der Waals surface area contributed by atoms with Crippen LogP contribution < -0.4 is 0 Å². The summed E-state index contributed by atoms with van der Waals surface area (Å²) in [5.74, 6) is -0.438. The zero-order valence-electron chi connectivity index (χ0n) is 10.2. The van der Waals surface area contributed by atoms with Crippen molar-refractivity contribution in [2.24, 2.45) is 5.41 Å². The number of benzene rings is 1. The molecule has 96 valence electrons. The molecule has 0 N–H and O–H groups in total. The van der Waals surface area contributed by atoms with Gasteiger partial charge in [0, 0.05) is 0 Å². The van der Waals surface area contributed by atoms with Gasteiger partial charge in [-0.15, -0.1) is 0 Å². The lowest BCUT2D eigenvalue weighted by Crippen LogP contribution is -2.56. The molecule has 0 spiro atoms. The highest BCUT2D eigenvalue weighted by molar-refractivity contribution is 5.82. The topological polar surface area (TPSA) is 35.5 Å². The maximum atomic E-state index is 13.0. The van der Waals surface area contributed by atoms with E-state index in [4.69, 9.17) is 9.47 Å². The van der Waals surface area contributed by atoms with E-state index >= 15 is 0 Å². The van der Waals surface area contributed by atoms with Gasteiger partial charge in [-0.2, -0.15) is 0 Å². The van der Waals surface area contributed by atoms with Crippen molar-refractivity contribution in [3.05, 3.63) is 35.6 Å². The van der Waals surface area contributed by atoms with Gasteiger partial charge in [0.25, 0.3) is 0 Å². The first-order valence-corrected chi connectivity index (χ1v) is 6.07. The fraction of sp³-hybridized carbons (Fsp3) is 0.500. The Labute approximate surface area is 105 Å². The number of esters is 1. The molecule has 2 aliphatic rings. The normalized spacial score (nSPS) is 23.0. The monoisotopic (exact) mass is 250 g/mol. The number of hydrogen-bond acceptors (Lipinski definition) is 3. The Morgan fingerprint density at radius 3 is 2.28 bits per heavy atom. The Hall–Kier alpha value is -1.42. The van der Waals surface area contributed by atoms with Crippen molar-refractivity contribution in [1.82, 2.24) is 0 Å². The Bertz CT molecular complexity index is 472. The minimum atomic E-state index is -0.460. The number of carbonyl (C=O) groups excluding carboxylic acids is 1. The molecule has 1 saturated heterocycles. The van der Waals surface area contributed by atoms with Gasteiger partial charge in [-0.3, -0.25) is 4.79 Å². The molecule has 1 aromatic carbocycles. The van der Waals surface area contributed by atoms with Crippen LogP contribution in [0, 0.1) is 11.2 Å². The number of rotatable bonds is 3. The quantitative estimate of drug-likeness (QED) is 0.770. The van der Waals surface area contributed by atoms with Gasteiger partial charge in [-0.25, -0.2) is 4.39 Å². The number of ether oxygens (including phenoxy) is 2. The number of halogens is 1. The van der Waals surface area contributed by atoms with Crippen LogP contribution >= 0.6 is 0 Å². The van der Waals surface area contributed by atoms with Crippen molar-refractivity contribution in [1.29, 1.82) is 0 Å². The summed E-state index contributed by atoms with van der Waals surface area (Å²) in [5.41, 5.74) is 0.184. The molecule has 0 amide bonds. The highest BCUT2D eigenvalue weighted by Crippen LogP contribution is 2.63.